The van der Waals surface area contributed by atoms with Crippen LogP contribution < -0.4 is 15.4 Å². The van der Waals surface area contributed by atoms with E-state index in [9.17, 15) is 0 Å². The summed E-state index contributed by atoms with van der Waals surface area (Å²) in [6, 6.07) is 3.87. The van der Waals surface area contributed by atoms with Crippen molar-refractivity contribution in [3.8, 4) is 5.88 Å². The number of guanidine groups is 1. The number of aliphatic imine (C=N–C) groups is 1. The van der Waals surface area contributed by atoms with Crippen molar-refractivity contribution in [2.24, 2.45) is 10.9 Å². The third-order valence-electron chi connectivity index (χ3n) is 3.49. The Hall–Kier alpha value is -1.05. The van der Waals surface area contributed by atoms with Crippen LogP contribution in [0.25, 0.3) is 0 Å². The number of pyridine rings is 1. The first kappa shape index (κ1) is 20.9. The third kappa shape index (κ3) is 7.82. The lowest BCUT2D eigenvalue weighted by atomic mass is 10.0. The van der Waals surface area contributed by atoms with Gasteiger partial charge >= 0.3 is 0 Å². The minimum atomic E-state index is 0. The van der Waals surface area contributed by atoms with Crippen LogP contribution in [0.1, 0.15) is 39.2 Å². The number of nitrogens with one attached hydrogen (secondary N) is 2. The fourth-order valence-corrected chi connectivity index (χ4v) is 1.99. The predicted octanol–water partition coefficient (Wildman–Crippen LogP) is 3.20. The molecule has 0 spiro atoms. The molecule has 0 aliphatic carbocycles. The fourth-order valence-electron chi connectivity index (χ4n) is 1.99. The maximum Gasteiger partial charge on any atom is 0.213 e. The van der Waals surface area contributed by atoms with Gasteiger partial charge in [0.05, 0.1) is 13.7 Å². The second kappa shape index (κ2) is 12.5. The number of hydrogen-bond donors (Lipinski definition) is 2. The molecule has 6 heteroatoms. The Labute approximate surface area is 151 Å². The van der Waals surface area contributed by atoms with Crippen molar-refractivity contribution in [1.29, 1.82) is 0 Å². The van der Waals surface area contributed by atoms with Crippen molar-refractivity contribution >= 4 is 29.9 Å². The number of nitrogens with zero attached hydrogens (tertiary/aromatic N) is 2. The van der Waals surface area contributed by atoms with Crippen LogP contribution in [0.4, 0.5) is 0 Å². The van der Waals surface area contributed by atoms with Crippen LogP contribution in [-0.2, 0) is 6.54 Å². The van der Waals surface area contributed by atoms with Gasteiger partial charge in [-0.15, -0.1) is 24.0 Å². The Morgan fingerprint density at radius 1 is 1.27 bits per heavy atom. The van der Waals surface area contributed by atoms with E-state index in [1.165, 1.54) is 12.8 Å². The largest absolute Gasteiger partial charge is 0.481 e. The van der Waals surface area contributed by atoms with Gasteiger partial charge in [0.25, 0.3) is 0 Å². The molecule has 1 aromatic heterocycles. The molecule has 5 nitrogen and oxygen atoms in total. The SMILES string of the molecule is CCNC(=NCc1ccnc(OC)c1)NCC(CC)CC.I. The highest BCUT2D eigenvalue weighted by Gasteiger charge is 2.05. The molecule has 0 saturated carbocycles. The Bertz CT molecular complexity index is 436. The zero-order valence-electron chi connectivity index (χ0n) is 14.1. The molecule has 0 bridgehead atoms. The highest BCUT2D eigenvalue weighted by Crippen LogP contribution is 2.09. The van der Waals surface area contributed by atoms with Crippen LogP contribution in [0.5, 0.6) is 5.88 Å². The Balaban J connectivity index is 0.00000441. The molecule has 0 unspecified atom stereocenters. The van der Waals surface area contributed by atoms with Crippen molar-refractivity contribution in [3.05, 3.63) is 23.9 Å². The van der Waals surface area contributed by atoms with Crippen molar-refractivity contribution in [1.82, 2.24) is 15.6 Å². The second-order valence-corrected chi connectivity index (χ2v) is 4.97. The van der Waals surface area contributed by atoms with E-state index in [4.69, 9.17) is 4.74 Å². The van der Waals surface area contributed by atoms with Crippen LogP contribution >= 0.6 is 24.0 Å². The summed E-state index contributed by atoms with van der Waals surface area (Å²) in [5.74, 6) is 2.17. The summed E-state index contributed by atoms with van der Waals surface area (Å²) in [7, 11) is 1.62. The van der Waals surface area contributed by atoms with E-state index in [2.05, 4.69) is 41.4 Å². The Morgan fingerprint density at radius 2 is 2.00 bits per heavy atom. The zero-order chi connectivity index (χ0) is 15.5. The lowest BCUT2D eigenvalue weighted by molar-refractivity contribution is 0.397. The number of hydrogen-bond acceptors (Lipinski definition) is 3. The quantitative estimate of drug-likeness (QED) is 0.385. The van der Waals surface area contributed by atoms with Gasteiger partial charge in [-0.05, 0) is 24.5 Å². The van der Waals surface area contributed by atoms with Gasteiger partial charge in [0.2, 0.25) is 5.88 Å². The predicted molar refractivity (Wildman–Crippen MR) is 103 cm³/mol. The van der Waals surface area contributed by atoms with Crippen molar-refractivity contribution < 1.29 is 4.74 Å². The van der Waals surface area contributed by atoms with E-state index in [0.29, 0.717) is 18.3 Å². The van der Waals surface area contributed by atoms with Gasteiger partial charge in [0.15, 0.2) is 5.96 Å². The topological polar surface area (TPSA) is 58.5 Å². The lowest BCUT2D eigenvalue weighted by Crippen LogP contribution is -2.39. The summed E-state index contributed by atoms with van der Waals surface area (Å²) in [5.41, 5.74) is 1.08. The number of halogens is 1. The van der Waals surface area contributed by atoms with Crippen molar-refractivity contribution in [2.75, 3.05) is 20.2 Å². The van der Waals surface area contributed by atoms with Crippen LogP contribution in [0.2, 0.25) is 0 Å². The molecule has 0 atom stereocenters. The lowest BCUT2D eigenvalue weighted by Gasteiger charge is -2.16. The molecule has 0 aromatic carbocycles. The monoisotopic (exact) mass is 420 g/mol. The number of ether oxygens (including phenoxy) is 1. The van der Waals surface area contributed by atoms with Gasteiger partial charge in [-0.2, -0.15) is 0 Å². The maximum absolute atomic E-state index is 5.13. The summed E-state index contributed by atoms with van der Waals surface area (Å²) in [6.07, 6.45) is 4.11. The fraction of sp³-hybridized carbons (Fsp3) is 0.625. The van der Waals surface area contributed by atoms with Gasteiger partial charge in [0.1, 0.15) is 0 Å². The average Bonchev–Trinajstić information content (AvgIpc) is 2.53. The highest BCUT2D eigenvalue weighted by molar-refractivity contribution is 14.0. The van der Waals surface area contributed by atoms with E-state index in [1.807, 2.05) is 12.1 Å². The smallest absolute Gasteiger partial charge is 0.213 e. The molecule has 0 aliphatic heterocycles. The summed E-state index contributed by atoms with van der Waals surface area (Å²) >= 11 is 0. The van der Waals surface area contributed by atoms with Crippen LogP contribution in [0.15, 0.2) is 23.3 Å². The molecule has 22 heavy (non-hydrogen) atoms. The van der Waals surface area contributed by atoms with Crippen LogP contribution in [0.3, 0.4) is 0 Å². The standard InChI is InChI=1S/C16H28N4O.HI/c1-5-13(6-2)11-19-16(17-7-3)20-12-14-8-9-18-15(10-14)21-4;/h8-10,13H,5-7,11-12H2,1-4H3,(H2,17,19,20);1H. The molecule has 0 saturated heterocycles. The van der Waals surface area contributed by atoms with E-state index in [-0.39, 0.29) is 24.0 Å². The van der Waals surface area contributed by atoms with Gasteiger partial charge < -0.3 is 15.4 Å². The first-order valence-electron chi connectivity index (χ1n) is 7.74. The second-order valence-electron chi connectivity index (χ2n) is 4.97. The molecular formula is C16H29IN4O. The zero-order valence-corrected chi connectivity index (χ0v) is 16.4. The van der Waals surface area contributed by atoms with E-state index >= 15 is 0 Å². The third-order valence-corrected chi connectivity index (χ3v) is 3.49. The molecule has 0 radical (unpaired) electrons. The molecule has 1 aromatic rings. The molecule has 0 fully saturated rings. The average molecular weight is 420 g/mol. The molecule has 1 rings (SSSR count). The van der Waals surface area contributed by atoms with Gasteiger partial charge in [-0.1, -0.05) is 26.7 Å². The van der Waals surface area contributed by atoms with Gasteiger partial charge in [-0.3, -0.25) is 0 Å². The summed E-state index contributed by atoms with van der Waals surface area (Å²) in [5, 5.41) is 6.69. The molecule has 1 heterocycles. The Kier molecular flexibility index (Phi) is 11.9. The van der Waals surface area contributed by atoms with E-state index in [0.717, 1.165) is 24.6 Å². The van der Waals surface area contributed by atoms with Crippen LogP contribution in [-0.4, -0.2) is 31.1 Å². The van der Waals surface area contributed by atoms with Gasteiger partial charge in [0, 0.05) is 25.4 Å². The van der Waals surface area contributed by atoms with E-state index < -0.39 is 0 Å². The summed E-state index contributed by atoms with van der Waals surface area (Å²) in [4.78, 5) is 8.71. The number of aromatic nitrogens is 1. The van der Waals surface area contributed by atoms with Crippen LogP contribution in [0, 0.1) is 5.92 Å². The van der Waals surface area contributed by atoms with E-state index in [1.54, 1.807) is 13.3 Å². The maximum atomic E-state index is 5.13. The highest BCUT2D eigenvalue weighted by atomic mass is 127. The number of rotatable bonds is 8. The molecule has 0 amide bonds. The summed E-state index contributed by atoms with van der Waals surface area (Å²) < 4.78 is 5.13. The Morgan fingerprint density at radius 3 is 2.59 bits per heavy atom. The van der Waals surface area contributed by atoms with Gasteiger partial charge in [-0.25, -0.2) is 9.98 Å². The molecule has 126 valence electrons. The summed E-state index contributed by atoms with van der Waals surface area (Å²) in [6.45, 7) is 8.94. The minimum absolute atomic E-state index is 0. The molecule has 2 N–H and O–H groups in total. The first-order chi connectivity index (χ1) is 10.2. The normalized spacial score (nSPS) is 11.0. The van der Waals surface area contributed by atoms with Crippen molar-refractivity contribution in [3.63, 3.8) is 0 Å². The first-order valence-corrected chi connectivity index (χ1v) is 7.74. The molecule has 0 aliphatic rings. The number of methoxy groups -OCH3 is 1. The van der Waals surface area contributed by atoms with Crippen molar-refractivity contribution in [2.45, 2.75) is 40.2 Å². The molecular weight excluding hydrogens is 391 g/mol. The minimum Gasteiger partial charge on any atom is -0.481 e.